The third kappa shape index (κ3) is 1.96. The molecular weight excluding hydrogens is 216 g/mol. The van der Waals surface area contributed by atoms with E-state index in [1.54, 1.807) is 25.7 Å². The molecular formula is C18H28. The fraction of sp³-hybridized carbons (Fsp3) is 0.889. The summed E-state index contributed by atoms with van der Waals surface area (Å²) in [7, 11) is 0. The van der Waals surface area contributed by atoms with Gasteiger partial charge in [0.1, 0.15) is 0 Å². The van der Waals surface area contributed by atoms with Crippen molar-refractivity contribution < 1.29 is 0 Å². The maximum Gasteiger partial charge on any atom is -0.0198 e. The van der Waals surface area contributed by atoms with Crippen LogP contribution in [0.5, 0.6) is 0 Å². The van der Waals surface area contributed by atoms with Gasteiger partial charge in [-0.15, -0.1) is 0 Å². The topological polar surface area (TPSA) is 0 Å². The van der Waals surface area contributed by atoms with Crippen molar-refractivity contribution in [1.82, 2.24) is 0 Å². The zero-order valence-electron chi connectivity index (χ0n) is 11.8. The SMILES string of the molecule is C1CC2CCC(=C3CCC4CCCC3C4)C(C1)C2. The van der Waals surface area contributed by atoms with Gasteiger partial charge in [0.25, 0.3) is 0 Å². The zero-order chi connectivity index (χ0) is 11.9. The third-order valence-corrected chi connectivity index (χ3v) is 6.61. The molecule has 0 aromatic carbocycles. The molecule has 4 saturated carbocycles. The molecule has 4 atom stereocenters. The molecule has 0 aliphatic heterocycles. The number of hydrogen-bond acceptors (Lipinski definition) is 0. The van der Waals surface area contributed by atoms with Gasteiger partial charge in [0.2, 0.25) is 0 Å². The summed E-state index contributed by atoms with van der Waals surface area (Å²) in [6.45, 7) is 0. The van der Waals surface area contributed by atoms with Gasteiger partial charge < -0.3 is 0 Å². The summed E-state index contributed by atoms with van der Waals surface area (Å²) in [5, 5.41) is 0. The Labute approximate surface area is 112 Å². The highest BCUT2D eigenvalue weighted by molar-refractivity contribution is 5.24. The van der Waals surface area contributed by atoms with Crippen LogP contribution in [0.15, 0.2) is 11.1 Å². The van der Waals surface area contributed by atoms with Crippen LogP contribution < -0.4 is 0 Å². The minimum absolute atomic E-state index is 1.03. The first-order valence-corrected chi connectivity index (χ1v) is 8.62. The molecule has 0 radical (unpaired) electrons. The summed E-state index contributed by atoms with van der Waals surface area (Å²) in [5.41, 5.74) is 3.99. The summed E-state index contributed by atoms with van der Waals surface area (Å²) in [5.74, 6) is 4.28. The first-order valence-electron chi connectivity index (χ1n) is 8.62. The van der Waals surface area contributed by atoms with Crippen molar-refractivity contribution in [3.05, 3.63) is 11.1 Å². The molecule has 0 aromatic rings. The van der Waals surface area contributed by atoms with E-state index in [0.717, 1.165) is 23.7 Å². The van der Waals surface area contributed by atoms with E-state index >= 15 is 0 Å². The molecule has 4 aliphatic rings. The Kier molecular flexibility index (Phi) is 3.01. The average Bonchev–Trinajstić information content (AvgIpc) is 2.41. The second kappa shape index (κ2) is 4.69. The van der Waals surface area contributed by atoms with Crippen molar-refractivity contribution in [1.29, 1.82) is 0 Å². The normalized spacial score (nSPS) is 48.0. The van der Waals surface area contributed by atoms with Crippen LogP contribution in [0, 0.1) is 23.7 Å². The maximum absolute atomic E-state index is 2.00. The summed E-state index contributed by atoms with van der Waals surface area (Å²) in [6.07, 6.45) is 18.4. The highest BCUT2D eigenvalue weighted by Crippen LogP contribution is 2.50. The molecule has 0 amide bonds. The Bertz CT molecular complexity index is 317. The van der Waals surface area contributed by atoms with Crippen LogP contribution >= 0.6 is 0 Å². The smallest absolute Gasteiger partial charge is 0.0198 e. The van der Waals surface area contributed by atoms with E-state index in [0.29, 0.717) is 0 Å². The van der Waals surface area contributed by atoms with E-state index in [-0.39, 0.29) is 0 Å². The molecule has 4 unspecified atom stereocenters. The summed E-state index contributed by atoms with van der Waals surface area (Å²) in [6, 6.07) is 0. The molecule has 4 rings (SSSR count). The third-order valence-electron chi connectivity index (χ3n) is 6.61. The second-order valence-corrected chi connectivity index (χ2v) is 7.59. The van der Waals surface area contributed by atoms with Crippen LogP contribution in [0.25, 0.3) is 0 Å². The van der Waals surface area contributed by atoms with Crippen LogP contribution in [0.2, 0.25) is 0 Å². The van der Waals surface area contributed by atoms with E-state index < -0.39 is 0 Å². The first kappa shape index (κ1) is 11.6. The van der Waals surface area contributed by atoms with Gasteiger partial charge in [-0.3, -0.25) is 0 Å². The largest absolute Gasteiger partial charge is 0.0676 e. The Morgan fingerprint density at radius 1 is 0.556 bits per heavy atom. The Balaban J connectivity index is 1.61. The minimum Gasteiger partial charge on any atom is -0.0676 e. The number of fused-ring (bicyclic) bond motifs is 4. The van der Waals surface area contributed by atoms with Gasteiger partial charge in [-0.05, 0) is 75.0 Å². The quantitative estimate of drug-likeness (QED) is 0.495. The zero-order valence-corrected chi connectivity index (χ0v) is 11.8. The molecule has 4 aliphatic carbocycles. The lowest BCUT2D eigenvalue weighted by atomic mass is 9.63. The lowest BCUT2D eigenvalue weighted by Crippen LogP contribution is -2.29. The van der Waals surface area contributed by atoms with E-state index in [2.05, 4.69) is 0 Å². The molecule has 4 bridgehead atoms. The van der Waals surface area contributed by atoms with Gasteiger partial charge in [0.05, 0.1) is 0 Å². The lowest BCUT2D eigenvalue weighted by molar-refractivity contribution is 0.214. The van der Waals surface area contributed by atoms with E-state index in [1.165, 1.54) is 51.4 Å². The fourth-order valence-corrected chi connectivity index (χ4v) is 5.71. The summed E-state index contributed by atoms with van der Waals surface area (Å²) >= 11 is 0. The highest BCUT2D eigenvalue weighted by atomic mass is 14.4. The van der Waals surface area contributed by atoms with Gasteiger partial charge in [-0.25, -0.2) is 0 Å². The molecule has 18 heavy (non-hydrogen) atoms. The van der Waals surface area contributed by atoms with E-state index in [4.69, 9.17) is 0 Å². The first-order chi connectivity index (χ1) is 8.90. The predicted molar refractivity (Wildman–Crippen MR) is 76.4 cm³/mol. The number of allylic oxidation sites excluding steroid dienone is 2. The molecule has 0 saturated heterocycles. The van der Waals surface area contributed by atoms with Gasteiger partial charge >= 0.3 is 0 Å². The maximum atomic E-state index is 2.00. The highest BCUT2D eigenvalue weighted by Gasteiger charge is 2.36. The molecule has 0 spiro atoms. The fourth-order valence-electron chi connectivity index (χ4n) is 5.71. The molecule has 0 nitrogen and oxygen atoms in total. The Morgan fingerprint density at radius 2 is 1.06 bits per heavy atom. The van der Waals surface area contributed by atoms with E-state index in [9.17, 15) is 0 Å². The average molecular weight is 244 g/mol. The molecule has 0 heterocycles. The van der Waals surface area contributed by atoms with Crippen molar-refractivity contribution in [2.24, 2.45) is 23.7 Å². The molecule has 100 valence electrons. The van der Waals surface area contributed by atoms with Crippen LogP contribution in [0.3, 0.4) is 0 Å². The van der Waals surface area contributed by atoms with Crippen molar-refractivity contribution >= 4 is 0 Å². The molecule has 0 aromatic heterocycles. The van der Waals surface area contributed by atoms with Gasteiger partial charge in [0.15, 0.2) is 0 Å². The van der Waals surface area contributed by atoms with Crippen molar-refractivity contribution in [3.8, 4) is 0 Å². The summed E-state index contributed by atoms with van der Waals surface area (Å²) < 4.78 is 0. The monoisotopic (exact) mass is 244 g/mol. The van der Waals surface area contributed by atoms with Gasteiger partial charge in [-0.1, -0.05) is 36.8 Å². The standard InChI is InChI=1S/C18H28/c1-3-13-7-9-17(15(5-1)11-13)18-10-8-14-4-2-6-16(18)12-14/h13-16H,1-12H2. The number of hydrogen-bond donors (Lipinski definition) is 0. The second-order valence-electron chi connectivity index (χ2n) is 7.59. The van der Waals surface area contributed by atoms with Gasteiger partial charge in [0, 0.05) is 0 Å². The van der Waals surface area contributed by atoms with Crippen LogP contribution in [0.1, 0.15) is 77.0 Å². The van der Waals surface area contributed by atoms with Crippen molar-refractivity contribution in [3.63, 3.8) is 0 Å². The molecule has 0 N–H and O–H groups in total. The molecule has 4 fully saturated rings. The van der Waals surface area contributed by atoms with Crippen molar-refractivity contribution in [2.45, 2.75) is 77.0 Å². The predicted octanol–water partition coefficient (Wildman–Crippen LogP) is 5.48. The van der Waals surface area contributed by atoms with Crippen LogP contribution in [-0.4, -0.2) is 0 Å². The Hall–Kier alpha value is -0.260. The van der Waals surface area contributed by atoms with E-state index in [1.807, 2.05) is 11.1 Å². The van der Waals surface area contributed by atoms with Crippen LogP contribution in [-0.2, 0) is 0 Å². The number of rotatable bonds is 0. The summed E-state index contributed by atoms with van der Waals surface area (Å²) in [4.78, 5) is 0. The Morgan fingerprint density at radius 3 is 1.56 bits per heavy atom. The minimum atomic E-state index is 1.03. The van der Waals surface area contributed by atoms with Crippen LogP contribution in [0.4, 0.5) is 0 Å². The lowest BCUT2D eigenvalue weighted by Gasteiger charge is -2.43. The van der Waals surface area contributed by atoms with Gasteiger partial charge in [-0.2, -0.15) is 0 Å². The molecule has 0 heteroatoms. The van der Waals surface area contributed by atoms with Crippen molar-refractivity contribution in [2.75, 3.05) is 0 Å².